The molecule has 0 radical (unpaired) electrons. The summed E-state index contributed by atoms with van der Waals surface area (Å²) in [5.41, 5.74) is 1.35. The number of H-pyrrole nitrogens is 1. The minimum Gasteiger partial charge on any atom is -0.342 e. The number of hydrogen-bond acceptors (Lipinski definition) is 2. The molecule has 170 valence electrons. The van der Waals surface area contributed by atoms with E-state index in [-0.39, 0.29) is 21.2 Å². The Kier molecular flexibility index (Phi) is 6.10. The third-order valence-corrected chi connectivity index (χ3v) is 7.61. The SMILES string of the molecule is FC(F)(F)c1ccccc1-c1c(Cl)cc2[nH]c(Cc3ccc(SCC4CC4)cc3)nc2c1Cl. The molecule has 4 aromatic rings. The summed E-state index contributed by atoms with van der Waals surface area (Å²) in [6.45, 7) is 0. The van der Waals surface area contributed by atoms with Crippen LogP contribution in [0.1, 0.15) is 29.8 Å². The average Bonchev–Trinajstić information content (AvgIpc) is 3.52. The standard InChI is InChI=1S/C25H19Cl2F3N2S/c26-19-12-20-24(23(27)22(19)17-3-1-2-4-18(17)25(28,29)30)32-21(31-20)11-14-7-9-16(10-8-14)33-13-15-5-6-15/h1-4,7-10,12,15H,5-6,11,13H2,(H,31,32). The molecule has 0 saturated heterocycles. The van der Waals surface area contributed by atoms with Crippen molar-refractivity contribution in [3.8, 4) is 11.1 Å². The minimum atomic E-state index is -4.53. The van der Waals surface area contributed by atoms with Crippen LogP contribution in [-0.4, -0.2) is 15.7 Å². The van der Waals surface area contributed by atoms with Crippen LogP contribution in [0.5, 0.6) is 0 Å². The lowest BCUT2D eigenvalue weighted by molar-refractivity contribution is -0.137. The normalized spacial score (nSPS) is 14.2. The van der Waals surface area contributed by atoms with E-state index in [9.17, 15) is 13.2 Å². The predicted molar refractivity (Wildman–Crippen MR) is 129 cm³/mol. The quantitative estimate of drug-likeness (QED) is 0.265. The Morgan fingerprint density at radius 3 is 2.45 bits per heavy atom. The van der Waals surface area contributed by atoms with Crippen LogP contribution in [0.15, 0.2) is 59.5 Å². The topological polar surface area (TPSA) is 28.7 Å². The van der Waals surface area contributed by atoms with Crippen LogP contribution in [0.4, 0.5) is 13.2 Å². The van der Waals surface area contributed by atoms with Crippen molar-refractivity contribution in [3.05, 3.63) is 81.6 Å². The molecule has 1 fully saturated rings. The molecule has 1 aliphatic carbocycles. The van der Waals surface area contributed by atoms with Crippen molar-refractivity contribution in [1.82, 2.24) is 9.97 Å². The Labute approximate surface area is 203 Å². The molecule has 1 aromatic heterocycles. The van der Waals surface area contributed by atoms with Gasteiger partial charge in [-0.1, -0.05) is 53.5 Å². The van der Waals surface area contributed by atoms with Gasteiger partial charge in [0.25, 0.3) is 0 Å². The maximum absolute atomic E-state index is 13.6. The average molecular weight is 507 g/mol. The number of nitrogens with zero attached hydrogens (tertiary/aromatic N) is 1. The molecule has 1 N–H and O–H groups in total. The molecule has 0 amide bonds. The monoisotopic (exact) mass is 506 g/mol. The van der Waals surface area contributed by atoms with E-state index < -0.39 is 11.7 Å². The number of aromatic amines is 1. The van der Waals surface area contributed by atoms with Crippen molar-refractivity contribution >= 4 is 46.0 Å². The lowest BCUT2D eigenvalue weighted by Gasteiger charge is -2.15. The first-order valence-electron chi connectivity index (χ1n) is 10.5. The molecule has 2 nitrogen and oxygen atoms in total. The number of halogens is 5. The van der Waals surface area contributed by atoms with Gasteiger partial charge in [0.1, 0.15) is 11.3 Å². The van der Waals surface area contributed by atoms with Crippen molar-refractivity contribution in [1.29, 1.82) is 0 Å². The van der Waals surface area contributed by atoms with Gasteiger partial charge in [-0.2, -0.15) is 13.2 Å². The summed E-state index contributed by atoms with van der Waals surface area (Å²) < 4.78 is 40.7. The van der Waals surface area contributed by atoms with Crippen LogP contribution < -0.4 is 0 Å². The molecule has 0 spiro atoms. The Morgan fingerprint density at radius 1 is 1.03 bits per heavy atom. The fourth-order valence-corrected chi connectivity index (χ4v) is 5.60. The summed E-state index contributed by atoms with van der Waals surface area (Å²) in [7, 11) is 0. The van der Waals surface area contributed by atoms with Gasteiger partial charge in [0.05, 0.1) is 21.1 Å². The molecule has 3 aromatic carbocycles. The van der Waals surface area contributed by atoms with Gasteiger partial charge < -0.3 is 4.98 Å². The number of aromatic nitrogens is 2. The Bertz CT molecular complexity index is 1310. The van der Waals surface area contributed by atoms with Crippen LogP contribution in [0.25, 0.3) is 22.2 Å². The third-order valence-electron chi connectivity index (χ3n) is 5.70. The van der Waals surface area contributed by atoms with Crippen LogP contribution in [0.3, 0.4) is 0 Å². The Hall–Kier alpha value is -2.15. The summed E-state index contributed by atoms with van der Waals surface area (Å²) in [6, 6.07) is 15.2. The van der Waals surface area contributed by atoms with E-state index in [1.807, 2.05) is 11.8 Å². The highest BCUT2D eigenvalue weighted by atomic mass is 35.5. The highest BCUT2D eigenvalue weighted by Gasteiger charge is 2.34. The second kappa shape index (κ2) is 8.90. The molecule has 0 aliphatic heterocycles. The first-order chi connectivity index (χ1) is 15.8. The van der Waals surface area contributed by atoms with E-state index in [0.717, 1.165) is 17.5 Å². The van der Waals surface area contributed by atoms with E-state index in [0.29, 0.717) is 23.3 Å². The Balaban J connectivity index is 1.45. The van der Waals surface area contributed by atoms with Gasteiger partial charge in [-0.05, 0) is 54.2 Å². The lowest BCUT2D eigenvalue weighted by Crippen LogP contribution is -2.07. The fraction of sp³-hybridized carbons (Fsp3) is 0.240. The van der Waals surface area contributed by atoms with Crippen molar-refractivity contribution in [2.45, 2.75) is 30.3 Å². The fourth-order valence-electron chi connectivity index (χ4n) is 3.81. The summed E-state index contributed by atoms with van der Waals surface area (Å²) in [4.78, 5) is 9.04. The summed E-state index contributed by atoms with van der Waals surface area (Å²) in [5, 5.41) is 0.236. The number of nitrogens with one attached hydrogen (secondary N) is 1. The van der Waals surface area contributed by atoms with Crippen LogP contribution in [-0.2, 0) is 12.6 Å². The maximum atomic E-state index is 13.6. The highest BCUT2D eigenvalue weighted by Crippen LogP contribution is 2.44. The van der Waals surface area contributed by atoms with Crippen LogP contribution in [0, 0.1) is 5.92 Å². The van der Waals surface area contributed by atoms with Crippen molar-refractivity contribution in [2.75, 3.05) is 5.75 Å². The van der Waals surface area contributed by atoms with Gasteiger partial charge in [0.15, 0.2) is 0 Å². The third kappa shape index (κ3) is 4.88. The maximum Gasteiger partial charge on any atom is 0.417 e. The van der Waals surface area contributed by atoms with E-state index in [1.165, 1.54) is 41.7 Å². The first-order valence-corrected chi connectivity index (χ1v) is 12.3. The molecule has 0 bridgehead atoms. The van der Waals surface area contributed by atoms with Crippen molar-refractivity contribution in [3.63, 3.8) is 0 Å². The molecule has 1 heterocycles. The number of alkyl halides is 3. The van der Waals surface area contributed by atoms with E-state index in [1.54, 1.807) is 6.07 Å². The van der Waals surface area contributed by atoms with E-state index >= 15 is 0 Å². The van der Waals surface area contributed by atoms with Gasteiger partial charge in [-0.25, -0.2) is 4.98 Å². The summed E-state index contributed by atoms with van der Waals surface area (Å²) >= 11 is 14.9. The molecule has 5 rings (SSSR count). The zero-order chi connectivity index (χ0) is 23.2. The molecule has 0 atom stereocenters. The number of fused-ring (bicyclic) bond motifs is 1. The second-order valence-electron chi connectivity index (χ2n) is 8.25. The lowest BCUT2D eigenvalue weighted by atomic mass is 9.98. The van der Waals surface area contributed by atoms with Gasteiger partial charge in [-0.3, -0.25) is 0 Å². The van der Waals surface area contributed by atoms with Crippen molar-refractivity contribution in [2.24, 2.45) is 5.92 Å². The molecule has 0 unspecified atom stereocenters. The number of thioether (sulfide) groups is 1. The molecule has 1 saturated carbocycles. The largest absolute Gasteiger partial charge is 0.417 e. The van der Waals surface area contributed by atoms with Gasteiger partial charge >= 0.3 is 6.18 Å². The van der Waals surface area contributed by atoms with E-state index in [2.05, 4.69) is 34.2 Å². The zero-order valence-electron chi connectivity index (χ0n) is 17.3. The highest BCUT2D eigenvalue weighted by molar-refractivity contribution is 7.99. The van der Waals surface area contributed by atoms with Crippen LogP contribution >= 0.6 is 35.0 Å². The molecular weight excluding hydrogens is 488 g/mol. The van der Waals surface area contributed by atoms with Crippen molar-refractivity contribution < 1.29 is 13.2 Å². The molecule has 8 heteroatoms. The summed E-state index contributed by atoms with van der Waals surface area (Å²) in [5.74, 6) is 2.71. The smallest absolute Gasteiger partial charge is 0.342 e. The number of hydrogen-bond donors (Lipinski definition) is 1. The molecular formula is C25H19Cl2F3N2S. The first kappa shape index (κ1) is 22.6. The van der Waals surface area contributed by atoms with Gasteiger partial charge in [0, 0.05) is 22.6 Å². The molecule has 33 heavy (non-hydrogen) atoms. The number of imidazole rings is 1. The predicted octanol–water partition coefficient (Wildman–Crippen LogP) is 8.65. The number of rotatable bonds is 6. The van der Waals surface area contributed by atoms with Gasteiger partial charge in [0.2, 0.25) is 0 Å². The Morgan fingerprint density at radius 2 is 1.76 bits per heavy atom. The summed E-state index contributed by atoms with van der Waals surface area (Å²) in [6.07, 6.45) is -1.30. The second-order valence-corrected chi connectivity index (χ2v) is 10.1. The van der Waals surface area contributed by atoms with Gasteiger partial charge in [-0.15, -0.1) is 11.8 Å². The zero-order valence-corrected chi connectivity index (χ0v) is 19.7. The number of benzene rings is 3. The minimum absolute atomic E-state index is 0.0641. The molecule has 1 aliphatic rings. The van der Waals surface area contributed by atoms with E-state index in [4.69, 9.17) is 23.2 Å². The van der Waals surface area contributed by atoms with Crippen LogP contribution in [0.2, 0.25) is 10.0 Å².